The molecule has 0 aliphatic rings. The number of phosphoric acid groups is 1. The van der Waals surface area contributed by atoms with Crippen LogP contribution in [0.3, 0.4) is 0 Å². The second-order valence-electron chi connectivity index (χ2n) is 16.1. The van der Waals surface area contributed by atoms with Crippen LogP contribution in [0.25, 0.3) is 0 Å². The molecule has 3 N–H and O–H groups in total. The van der Waals surface area contributed by atoms with Crippen molar-refractivity contribution in [1.82, 2.24) is 5.32 Å². The van der Waals surface area contributed by atoms with Gasteiger partial charge < -0.3 is 19.8 Å². The third kappa shape index (κ3) is 37.4. The molecule has 51 heavy (non-hydrogen) atoms. The SMILES string of the molecule is CCCCCCCC/C=C\CCCCCCCC(=O)NC(COP(=O)(O)OCC[N+](C)(C)C)C(O)CCCCCCCCCCCCCCCC. The molecule has 0 heterocycles. The Balaban J connectivity index is 4.40. The Morgan fingerprint density at radius 2 is 1.06 bits per heavy atom. The van der Waals surface area contributed by atoms with Crippen molar-refractivity contribution in [3.8, 4) is 0 Å². The maximum Gasteiger partial charge on any atom is 0.472 e. The Labute approximate surface area is 316 Å². The highest BCUT2D eigenvalue weighted by atomic mass is 31.2. The highest BCUT2D eigenvalue weighted by Crippen LogP contribution is 2.43. The third-order valence-electron chi connectivity index (χ3n) is 9.76. The van der Waals surface area contributed by atoms with Gasteiger partial charge in [-0.3, -0.25) is 13.8 Å². The number of carbonyl (C=O) groups excluding carboxylic acids is 1. The van der Waals surface area contributed by atoms with Crippen LogP contribution in [0.1, 0.15) is 200 Å². The van der Waals surface area contributed by atoms with Gasteiger partial charge in [-0.2, -0.15) is 0 Å². The second-order valence-corrected chi connectivity index (χ2v) is 17.5. The zero-order valence-corrected chi connectivity index (χ0v) is 35.3. The number of unbranched alkanes of at least 4 members (excludes halogenated alkanes) is 24. The zero-order valence-electron chi connectivity index (χ0n) is 34.4. The normalized spacial score (nSPS) is 14.6. The molecule has 0 rings (SSSR count). The highest BCUT2D eigenvalue weighted by Gasteiger charge is 2.28. The zero-order chi connectivity index (χ0) is 37.9. The minimum absolute atomic E-state index is 0.0748. The number of hydrogen-bond donors (Lipinski definition) is 3. The summed E-state index contributed by atoms with van der Waals surface area (Å²) >= 11 is 0. The summed E-state index contributed by atoms with van der Waals surface area (Å²) in [5.74, 6) is -0.153. The average Bonchev–Trinajstić information content (AvgIpc) is 3.07. The number of aliphatic hydroxyl groups is 1. The van der Waals surface area contributed by atoms with E-state index in [2.05, 4.69) is 31.3 Å². The number of rotatable bonds is 39. The lowest BCUT2D eigenvalue weighted by molar-refractivity contribution is -0.870. The van der Waals surface area contributed by atoms with Gasteiger partial charge in [-0.05, 0) is 38.5 Å². The largest absolute Gasteiger partial charge is 0.472 e. The summed E-state index contributed by atoms with van der Waals surface area (Å²) in [7, 11) is 1.61. The molecular weight excluding hydrogens is 659 g/mol. The summed E-state index contributed by atoms with van der Waals surface area (Å²) in [5, 5.41) is 13.9. The van der Waals surface area contributed by atoms with E-state index in [1.54, 1.807) is 0 Å². The van der Waals surface area contributed by atoms with E-state index in [1.807, 2.05) is 21.1 Å². The Bertz CT molecular complexity index is 850. The number of hydrogen-bond acceptors (Lipinski definition) is 5. The van der Waals surface area contributed by atoms with E-state index in [1.165, 1.54) is 122 Å². The van der Waals surface area contributed by atoms with Crippen LogP contribution >= 0.6 is 7.82 Å². The van der Waals surface area contributed by atoms with Crippen LogP contribution in [0, 0.1) is 0 Å². The smallest absolute Gasteiger partial charge is 0.391 e. The van der Waals surface area contributed by atoms with E-state index < -0.39 is 20.0 Å². The first-order chi connectivity index (χ1) is 24.5. The Morgan fingerprint density at radius 1 is 0.647 bits per heavy atom. The van der Waals surface area contributed by atoms with Gasteiger partial charge in [0.05, 0.1) is 39.9 Å². The van der Waals surface area contributed by atoms with Gasteiger partial charge in [-0.1, -0.05) is 167 Å². The monoisotopic (exact) mass is 746 g/mol. The van der Waals surface area contributed by atoms with Crippen LogP contribution in [0.15, 0.2) is 12.2 Å². The number of nitrogens with one attached hydrogen (secondary N) is 1. The molecule has 1 amide bonds. The third-order valence-corrected chi connectivity index (χ3v) is 10.7. The summed E-state index contributed by atoms with van der Waals surface area (Å²) < 4.78 is 23.6. The van der Waals surface area contributed by atoms with E-state index in [0.717, 1.165) is 51.4 Å². The highest BCUT2D eigenvalue weighted by molar-refractivity contribution is 7.47. The summed E-state index contributed by atoms with van der Waals surface area (Å²) in [6.07, 6.45) is 38.0. The fraction of sp³-hybridized carbons (Fsp3) is 0.929. The van der Waals surface area contributed by atoms with Gasteiger partial charge in [0, 0.05) is 6.42 Å². The Morgan fingerprint density at radius 3 is 1.51 bits per heavy atom. The number of quaternary nitrogens is 1. The minimum Gasteiger partial charge on any atom is -0.391 e. The number of amides is 1. The van der Waals surface area contributed by atoms with E-state index in [0.29, 0.717) is 23.9 Å². The summed E-state index contributed by atoms with van der Waals surface area (Å²) in [4.78, 5) is 23.1. The molecular formula is C42H86N2O6P+. The fourth-order valence-electron chi connectivity index (χ4n) is 6.28. The first-order valence-electron chi connectivity index (χ1n) is 21.6. The van der Waals surface area contributed by atoms with E-state index in [4.69, 9.17) is 9.05 Å². The molecule has 304 valence electrons. The fourth-order valence-corrected chi connectivity index (χ4v) is 7.01. The van der Waals surface area contributed by atoms with Crippen LogP contribution in [0.2, 0.25) is 0 Å². The van der Waals surface area contributed by atoms with Gasteiger partial charge >= 0.3 is 7.82 Å². The molecule has 0 aromatic heterocycles. The van der Waals surface area contributed by atoms with Crippen LogP contribution in [-0.4, -0.2) is 73.4 Å². The van der Waals surface area contributed by atoms with Gasteiger partial charge in [-0.15, -0.1) is 0 Å². The summed E-state index contributed by atoms with van der Waals surface area (Å²) in [5.41, 5.74) is 0. The molecule has 0 saturated carbocycles. The molecule has 0 saturated heterocycles. The molecule has 8 nitrogen and oxygen atoms in total. The number of likely N-dealkylation sites (N-methyl/N-ethyl adjacent to an activating group) is 1. The van der Waals surface area contributed by atoms with E-state index >= 15 is 0 Å². The van der Waals surface area contributed by atoms with Crippen LogP contribution in [0.4, 0.5) is 0 Å². The second kappa shape index (κ2) is 35.0. The molecule has 0 fully saturated rings. The molecule has 0 aromatic carbocycles. The summed E-state index contributed by atoms with van der Waals surface area (Å²) in [6.45, 7) is 4.87. The predicted molar refractivity (Wildman–Crippen MR) is 217 cm³/mol. The van der Waals surface area contributed by atoms with Crippen molar-refractivity contribution in [2.24, 2.45) is 0 Å². The average molecular weight is 746 g/mol. The van der Waals surface area contributed by atoms with Crippen molar-refractivity contribution in [3.63, 3.8) is 0 Å². The number of aliphatic hydroxyl groups excluding tert-OH is 1. The molecule has 3 atom stereocenters. The molecule has 0 aliphatic heterocycles. The standard InChI is InChI=1S/C42H85N2O6P/c1-6-8-10-12-14-16-18-20-22-24-26-28-30-32-34-36-42(46)43-40(39-50-51(47,48)49-38-37-44(3,4)5)41(45)35-33-31-29-27-25-23-21-19-17-15-13-11-9-7-2/h20,22,40-41,45H,6-19,21,23-39H2,1-5H3,(H-,43,46,47,48)/p+1/b22-20-. The van der Waals surface area contributed by atoms with Crippen molar-refractivity contribution in [3.05, 3.63) is 12.2 Å². The summed E-state index contributed by atoms with van der Waals surface area (Å²) in [6, 6.07) is -0.759. The number of phosphoric ester groups is 1. The first kappa shape index (κ1) is 50.2. The van der Waals surface area contributed by atoms with E-state index in [-0.39, 0.29) is 19.1 Å². The Kier molecular flexibility index (Phi) is 34.5. The van der Waals surface area contributed by atoms with Crippen molar-refractivity contribution >= 4 is 13.7 Å². The quantitative estimate of drug-likeness (QED) is 0.0250. The lowest BCUT2D eigenvalue weighted by Crippen LogP contribution is -2.46. The number of carbonyl (C=O) groups is 1. The predicted octanol–water partition coefficient (Wildman–Crippen LogP) is 11.6. The number of allylic oxidation sites excluding steroid dienone is 2. The molecule has 0 bridgehead atoms. The van der Waals surface area contributed by atoms with Crippen LogP contribution < -0.4 is 5.32 Å². The first-order valence-corrected chi connectivity index (χ1v) is 23.0. The molecule has 0 aliphatic carbocycles. The van der Waals surface area contributed by atoms with Gasteiger partial charge in [0.25, 0.3) is 0 Å². The number of nitrogens with zero attached hydrogens (tertiary/aromatic N) is 1. The Hall–Kier alpha value is -0.760. The molecule has 0 aromatic rings. The molecule has 9 heteroatoms. The maximum absolute atomic E-state index is 12.8. The van der Waals surface area contributed by atoms with Crippen molar-refractivity contribution < 1.29 is 32.9 Å². The topological polar surface area (TPSA) is 105 Å². The van der Waals surface area contributed by atoms with Crippen LogP contribution in [-0.2, 0) is 18.4 Å². The molecule has 3 unspecified atom stereocenters. The van der Waals surface area contributed by atoms with Gasteiger partial charge in [-0.25, -0.2) is 4.57 Å². The van der Waals surface area contributed by atoms with Gasteiger partial charge in [0.1, 0.15) is 13.2 Å². The molecule has 0 spiro atoms. The minimum atomic E-state index is -4.31. The lowest BCUT2D eigenvalue weighted by atomic mass is 10.0. The van der Waals surface area contributed by atoms with Crippen LogP contribution in [0.5, 0.6) is 0 Å². The van der Waals surface area contributed by atoms with Crippen molar-refractivity contribution in [1.29, 1.82) is 0 Å². The van der Waals surface area contributed by atoms with Crippen molar-refractivity contribution in [2.75, 3.05) is 40.9 Å². The van der Waals surface area contributed by atoms with Gasteiger partial charge in [0.2, 0.25) is 5.91 Å². The van der Waals surface area contributed by atoms with E-state index in [9.17, 15) is 19.4 Å². The maximum atomic E-state index is 12.8. The lowest BCUT2D eigenvalue weighted by Gasteiger charge is -2.26. The molecule has 0 radical (unpaired) electrons. The van der Waals surface area contributed by atoms with Crippen molar-refractivity contribution in [2.45, 2.75) is 212 Å². The van der Waals surface area contributed by atoms with Gasteiger partial charge in [0.15, 0.2) is 0 Å².